The van der Waals surface area contributed by atoms with Gasteiger partial charge in [0.25, 0.3) is 0 Å². The van der Waals surface area contributed by atoms with Crippen molar-refractivity contribution in [1.82, 2.24) is 10.0 Å². The predicted molar refractivity (Wildman–Crippen MR) is 139 cm³/mol. The molecule has 0 saturated heterocycles. The van der Waals surface area contributed by atoms with Crippen LogP contribution >= 0.6 is 0 Å². The summed E-state index contributed by atoms with van der Waals surface area (Å²) in [5, 5.41) is 19.5. The number of nitrogens with zero attached hydrogens (tertiary/aromatic N) is 3. The van der Waals surface area contributed by atoms with E-state index in [1.54, 1.807) is 18.5 Å². The molecule has 2 heterocycles. The molecule has 1 aromatic heterocycles. The fourth-order valence-corrected chi connectivity index (χ4v) is 4.72. The van der Waals surface area contributed by atoms with Gasteiger partial charge in [-0.3, -0.25) is 10.3 Å². The van der Waals surface area contributed by atoms with Gasteiger partial charge in [0.05, 0.1) is 19.3 Å². The molecule has 1 aliphatic rings. The molecule has 1 aliphatic heterocycles. The second kappa shape index (κ2) is 12.1. The number of aromatic nitrogens is 1. The van der Waals surface area contributed by atoms with Gasteiger partial charge in [0, 0.05) is 12.4 Å². The van der Waals surface area contributed by atoms with Gasteiger partial charge in [-0.15, -0.1) is 0 Å². The van der Waals surface area contributed by atoms with E-state index in [1.807, 2.05) is 24.3 Å². The van der Waals surface area contributed by atoms with Crippen LogP contribution in [0.5, 0.6) is 0 Å². The van der Waals surface area contributed by atoms with Crippen molar-refractivity contribution in [3.63, 3.8) is 0 Å². The van der Waals surface area contributed by atoms with Crippen molar-refractivity contribution in [2.24, 2.45) is 5.41 Å². The Kier molecular flexibility index (Phi) is 10.7. The van der Waals surface area contributed by atoms with Crippen molar-refractivity contribution in [1.29, 1.82) is 5.26 Å². The highest BCUT2D eigenvalue weighted by atomic mass is 28.4. The van der Waals surface area contributed by atoms with Crippen LogP contribution < -0.4 is 0 Å². The molecule has 0 amide bonds. The lowest BCUT2D eigenvalue weighted by atomic mass is 9.85. The van der Waals surface area contributed by atoms with Gasteiger partial charge in [-0.05, 0) is 59.9 Å². The third-order valence-electron chi connectivity index (χ3n) is 5.72. The first-order valence-electron chi connectivity index (χ1n) is 11.4. The maximum atomic E-state index is 9.33. The monoisotopic (exact) mass is 488 g/mol. The van der Waals surface area contributed by atoms with Crippen LogP contribution in [0.25, 0.3) is 0 Å². The lowest BCUT2D eigenvalue weighted by Crippen LogP contribution is -2.41. The molecule has 183 valence electrons. The second-order valence-electron chi connectivity index (χ2n) is 11.2. The highest BCUT2D eigenvalue weighted by molar-refractivity contribution is 6.74. The van der Waals surface area contributed by atoms with E-state index in [0.29, 0.717) is 18.8 Å². The number of hydrogen-bond acceptors (Lipinski definition) is 6. The maximum absolute atomic E-state index is 9.33. The molecule has 0 saturated carbocycles. The number of rotatable bonds is 6. The number of hydroxylamine groups is 2. The summed E-state index contributed by atoms with van der Waals surface area (Å²) < 4.78 is 12.1. The van der Waals surface area contributed by atoms with Crippen LogP contribution in [0.3, 0.4) is 0 Å². The van der Waals surface area contributed by atoms with Crippen molar-refractivity contribution in [3.8, 4) is 6.07 Å². The molecule has 1 radical (unpaired) electrons. The van der Waals surface area contributed by atoms with Gasteiger partial charge < -0.3 is 8.85 Å². The van der Waals surface area contributed by atoms with E-state index in [9.17, 15) is 5.21 Å². The Morgan fingerprint density at radius 2 is 1.85 bits per heavy atom. The van der Waals surface area contributed by atoms with E-state index in [4.69, 9.17) is 14.1 Å². The Labute approximate surface area is 203 Å². The number of nitriles is 1. The zero-order chi connectivity index (χ0) is 25.4. The first kappa shape index (κ1) is 29.3. The SMILES string of the molecule is CC(C)(C)[Si](C)(C)OCC1=CC=CN(O)C1.C[Si](C)OC(c1ccc(C#N)nc1)C(C)(C)C. The first-order chi connectivity index (χ1) is 15.1. The summed E-state index contributed by atoms with van der Waals surface area (Å²) in [6.45, 7) is 23.0. The molecule has 1 unspecified atom stereocenters. The van der Waals surface area contributed by atoms with E-state index in [-0.39, 0.29) is 16.6 Å². The van der Waals surface area contributed by atoms with Crippen molar-refractivity contribution in [2.75, 3.05) is 13.2 Å². The van der Waals surface area contributed by atoms with Gasteiger partial charge in [-0.1, -0.05) is 53.7 Å². The molecule has 0 spiro atoms. The van der Waals surface area contributed by atoms with Gasteiger partial charge in [0.1, 0.15) is 11.8 Å². The van der Waals surface area contributed by atoms with Crippen molar-refractivity contribution in [3.05, 3.63) is 53.5 Å². The Morgan fingerprint density at radius 1 is 1.21 bits per heavy atom. The molecular formula is C25H42N3O3Si2. The van der Waals surface area contributed by atoms with Gasteiger partial charge in [0.2, 0.25) is 9.04 Å². The Morgan fingerprint density at radius 3 is 2.27 bits per heavy atom. The second-order valence-corrected chi connectivity index (χ2v) is 18.0. The van der Waals surface area contributed by atoms with Gasteiger partial charge in [-0.2, -0.15) is 5.26 Å². The normalized spacial score (nSPS) is 15.5. The minimum absolute atomic E-state index is 0.0256. The summed E-state index contributed by atoms with van der Waals surface area (Å²) in [6, 6.07) is 5.71. The number of pyridine rings is 1. The molecule has 6 nitrogen and oxygen atoms in total. The number of hydrogen-bond donors (Lipinski definition) is 1. The standard InChI is InChI=1S/C13H19N2OSi.C12H23NO2Si/c1-13(2,3)12(16-17(4)5)10-6-7-11(8-14)15-9-10;1-12(2,3)16(4,5)15-10-11-7-6-8-13(14)9-11/h6-7,9,12H,1-5H3;6-8,14H,9-10H2,1-5H3. The molecule has 0 bridgehead atoms. The third-order valence-corrected chi connectivity index (χ3v) is 10.9. The summed E-state index contributed by atoms with van der Waals surface area (Å²) >= 11 is 0. The first-order valence-corrected chi connectivity index (χ1v) is 16.7. The number of allylic oxidation sites excluding steroid dienone is 2. The highest BCUT2D eigenvalue weighted by Crippen LogP contribution is 2.37. The maximum Gasteiger partial charge on any atom is 0.205 e. The molecule has 0 aliphatic carbocycles. The van der Waals surface area contributed by atoms with E-state index in [0.717, 1.165) is 11.1 Å². The lowest BCUT2D eigenvalue weighted by Gasteiger charge is -2.36. The summed E-state index contributed by atoms with van der Waals surface area (Å²) in [4.78, 5) is 4.11. The third kappa shape index (κ3) is 9.94. The van der Waals surface area contributed by atoms with Crippen LogP contribution in [0, 0.1) is 16.7 Å². The summed E-state index contributed by atoms with van der Waals surface area (Å²) in [7, 11) is -2.45. The van der Waals surface area contributed by atoms with Crippen LogP contribution in [0.15, 0.2) is 42.3 Å². The Bertz CT molecular complexity index is 846. The van der Waals surface area contributed by atoms with E-state index in [2.05, 4.69) is 72.7 Å². The summed E-state index contributed by atoms with van der Waals surface area (Å²) in [6.07, 6.45) is 7.29. The van der Waals surface area contributed by atoms with Crippen molar-refractivity contribution in [2.45, 2.75) is 78.9 Å². The van der Waals surface area contributed by atoms with Gasteiger partial charge in [-0.25, -0.2) is 4.98 Å². The quantitative estimate of drug-likeness (QED) is 0.463. The van der Waals surface area contributed by atoms with Crippen LogP contribution in [0.1, 0.15) is 58.9 Å². The summed E-state index contributed by atoms with van der Waals surface area (Å²) in [5.74, 6) is 0. The predicted octanol–water partition coefficient (Wildman–Crippen LogP) is 6.46. The Balaban J connectivity index is 0.000000331. The molecule has 33 heavy (non-hydrogen) atoms. The molecule has 2 rings (SSSR count). The van der Waals surface area contributed by atoms with Crippen LogP contribution in [-0.2, 0) is 8.85 Å². The van der Waals surface area contributed by atoms with Crippen molar-refractivity contribution >= 4 is 17.4 Å². The lowest BCUT2D eigenvalue weighted by molar-refractivity contribution is -0.0344. The molecule has 8 heteroatoms. The van der Waals surface area contributed by atoms with Gasteiger partial charge >= 0.3 is 0 Å². The van der Waals surface area contributed by atoms with E-state index < -0.39 is 17.4 Å². The zero-order valence-corrected chi connectivity index (χ0v) is 24.1. The van der Waals surface area contributed by atoms with E-state index >= 15 is 0 Å². The molecule has 0 fully saturated rings. The molecule has 1 aromatic rings. The molecular weight excluding hydrogens is 446 g/mol. The fraction of sp³-hybridized carbons (Fsp3) is 0.600. The smallest absolute Gasteiger partial charge is 0.205 e. The molecule has 1 N–H and O–H groups in total. The van der Waals surface area contributed by atoms with Crippen molar-refractivity contribution < 1.29 is 14.1 Å². The topological polar surface area (TPSA) is 78.6 Å². The average Bonchev–Trinajstić information content (AvgIpc) is 2.69. The minimum Gasteiger partial charge on any atom is -0.413 e. The van der Waals surface area contributed by atoms with Gasteiger partial charge in [0.15, 0.2) is 8.32 Å². The van der Waals surface area contributed by atoms with Crippen LogP contribution in [0.4, 0.5) is 0 Å². The highest BCUT2D eigenvalue weighted by Gasteiger charge is 2.37. The van der Waals surface area contributed by atoms with E-state index in [1.165, 1.54) is 5.06 Å². The Hall–Kier alpha value is -1.77. The van der Waals surface area contributed by atoms with Crippen LogP contribution in [0.2, 0.25) is 31.2 Å². The average molecular weight is 489 g/mol. The summed E-state index contributed by atoms with van der Waals surface area (Å²) in [5.41, 5.74) is 2.63. The molecule has 1 atom stereocenters. The molecule has 0 aromatic carbocycles. The zero-order valence-electron chi connectivity index (χ0n) is 22.1. The fourth-order valence-electron chi connectivity index (χ4n) is 2.78. The minimum atomic E-state index is -1.68. The van der Waals surface area contributed by atoms with Crippen LogP contribution in [-0.4, -0.2) is 45.8 Å². The largest absolute Gasteiger partial charge is 0.413 e.